The van der Waals surface area contributed by atoms with Gasteiger partial charge in [-0.3, -0.25) is 9.79 Å². The summed E-state index contributed by atoms with van der Waals surface area (Å²) in [6.07, 6.45) is -0.0304. The van der Waals surface area contributed by atoms with Gasteiger partial charge in [0.2, 0.25) is 10.0 Å². The molecule has 1 amide bonds. The maximum absolute atomic E-state index is 13.3. The molecule has 0 bridgehead atoms. The van der Waals surface area contributed by atoms with Gasteiger partial charge in [0.15, 0.2) is 5.79 Å². The van der Waals surface area contributed by atoms with Crippen LogP contribution in [0.4, 0.5) is 13.2 Å². The van der Waals surface area contributed by atoms with E-state index in [1.807, 2.05) is 39.8 Å². The van der Waals surface area contributed by atoms with E-state index in [4.69, 9.17) is 19.2 Å². The molecule has 0 radical (unpaired) electrons. The molecule has 1 atom stereocenters. The number of aliphatic imine (C=N–C) groups is 1. The summed E-state index contributed by atoms with van der Waals surface area (Å²) in [5.74, 6) is 0.491. The van der Waals surface area contributed by atoms with E-state index in [9.17, 15) is 26.4 Å². The molecule has 0 aromatic heterocycles. The summed E-state index contributed by atoms with van der Waals surface area (Å²) >= 11 is 0. The van der Waals surface area contributed by atoms with Crippen molar-refractivity contribution in [3.63, 3.8) is 0 Å². The van der Waals surface area contributed by atoms with Gasteiger partial charge in [0.25, 0.3) is 5.91 Å². The summed E-state index contributed by atoms with van der Waals surface area (Å²) in [5, 5.41) is 4.14. The number of hydrogen-bond donors (Lipinski definition) is 1. The van der Waals surface area contributed by atoms with Crippen molar-refractivity contribution in [3.05, 3.63) is 34.2 Å². The number of hydrogen-bond acceptors (Lipinski definition) is 7. The predicted molar refractivity (Wildman–Crippen MR) is 164 cm³/mol. The number of alkyl halides is 3. The van der Waals surface area contributed by atoms with Crippen molar-refractivity contribution in [3.8, 4) is 5.75 Å². The molecule has 250 valence electrons. The van der Waals surface area contributed by atoms with Crippen molar-refractivity contribution in [1.29, 1.82) is 0 Å². The van der Waals surface area contributed by atoms with Gasteiger partial charge in [-0.25, -0.2) is 8.42 Å². The number of nitrogens with one attached hydrogen (secondary N) is 1. The standard InChI is InChI=1S/C32H44F3N3O6S/c1-21-17-25(42-19-26-20-43-30(3,4)44-26)18-22(2)27(21)10-16-45(40,41)38-14-12-31(13-15-38)29(39)36-28(37-31)24-7-5-23(6-8-24)9-11-32(33,34)35/h10,16-18,23-24,26H,5-9,11-15,19-20H2,1-4H3,(H,36,37,39)/b16-10+/t23?,24?,26-/m0/s1. The Morgan fingerprint density at radius 1 is 1.11 bits per heavy atom. The number of ether oxygens (including phenoxy) is 3. The number of carbonyl (C=O) groups excluding carboxylic acids is 1. The van der Waals surface area contributed by atoms with Gasteiger partial charge in [0, 0.05) is 30.8 Å². The van der Waals surface area contributed by atoms with Gasteiger partial charge in [0.1, 0.15) is 29.8 Å². The molecule has 1 aliphatic carbocycles. The summed E-state index contributed by atoms with van der Waals surface area (Å²) < 4.78 is 83.0. The maximum Gasteiger partial charge on any atom is 0.389 e. The molecule has 5 rings (SSSR count). The summed E-state index contributed by atoms with van der Waals surface area (Å²) in [7, 11) is -3.75. The molecule has 1 saturated carbocycles. The zero-order chi connectivity index (χ0) is 32.6. The van der Waals surface area contributed by atoms with Crippen molar-refractivity contribution in [2.24, 2.45) is 16.8 Å². The lowest BCUT2D eigenvalue weighted by Gasteiger charge is -2.34. The number of halogens is 3. The van der Waals surface area contributed by atoms with Crippen molar-refractivity contribution in [1.82, 2.24) is 9.62 Å². The Balaban J connectivity index is 1.15. The lowest BCUT2D eigenvalue weighted by Crippen LogP contribution is -2.50. The Hall–Kier alpha value is -2.48. The third kappa shape index (κ3) is 8.28. The predicted octanol–water partition coefficient (Wildman–Crippen LogP) is 5.65. The zero-order valence-electron chi connectivity index (χ0n) is 26.4. The van der Waals surface area contributed by atoms with Gasteiger partial charge in [-0.1, -0.05) is 0 Å². The largest absolute Gasteiger partial charge is 0.491 e. The van der Waals surface area contributed by atoms with Crippen LogP contribution in [0, 0.1) is 25.7 Å². The summed E-state index contributed by atoms with van der Waals surface area (Å²) in [4.78, 5) is 17.8. The number of amides is 1. The average molecular weight is 656 g/mol. The third-order valence-electron chi connectivity index (χ3n) is 9.45. The van der Waals surface area contributed by atoms with Crippen LogP contribution in [0.3, 0.4) is 0 Å². The number of aryl methyl sites for hydroxylation is 2. The molecular weight excluding hydrogens is 611 g/mol. The van der Waals surface area contributed by atoms with Crippen molar-refractivity contribution in [2.75, 3.05) is 26.3 Å². The van der Waals surface area contributed by atoms with E-state index in [1.165, 1.54) is 9.71 Å². The van der Waals surface area contributed by atoms with E-state index >= 15 is 0 Å². The fourth-order valence-corrected chi connectivity index (χ4v) is 8.00. The first-order valence-corrected chi connectivity index (χ1v) is 17.3. The minimum atomic E-state index is -4.14. The van der Waals surface area contributed by atoms with Crippen molar-refractivity contribution < 1.29 is 40.6 Å². The highest BCUT2D eigenvalue weighted by Gasteiger charge is 2.48. The van der Waals surface area contributed by atoms with E-state index in [0.717, 1.165) is 16.7 Å². The second kappa shape index (κ2) is 13.0. The number of rotatable bonds is 9. The molecule has 1 spiro atoms. The summed E-state index contributed by atoms with van der Waals surface area (Å²) in [6.45, 7) is 8.65. The molecule has 1 N–H and O–H groups in total. The lowest BCUT2D eigenvalue weighted by molar-refractivity contribution is -0.141. The number of amidine groups is 1. The first-order valence-electron chi connectivity index (χ1n) is 15.8. The Kier molecular flexibility index (Phi) is 9.76. The van der Waals surface area contributed by atoms with Crippen LogP contribution in [-0.2, 0) is 24.3 Å². The molecule has 3 aliphatic heterocycles. The number of nitrogens with zero attached hydrogens (tertiary/aromatic N) is 2. The second-order valence-electron chi connectivity index (χ2n) is 13.3. The van der Waals surface area contributed by atoms with E-state index in [2.05, 4.69) is 5.32 Å². The van der Waals surface area contributed by atoms with E-state index < -0.39 is 33.9 Å². The highest BCUT2D eigenvalue weighted by atomic mass is 32.2. The lowest BCUT2D eigenvalue weighted by atomic mass is 9.79. The number of piperidine rings is 1. The molecule has 9 nitrogen and oxygen atoms in total. The molecule has 0 unspecified atom stereocenters. The molecular formula is C32H44F3N3O6S. The molecule has 3 heterocycles. The third-order valence-corrected chi connectivity index (χ3v) is 11.0. The van der Waals surface area contributed by atoms with Crippen LogP contribution in [0.25, 0.3) is 6.08 Å². The van der Waals surface area contributed by atoms with Gasteiger partial charge in [-0.05, 0) is 113 Å². The topological polar surface area (TPSA) is 107 Å². The normalized spacial score (nSPS) is 27.2. The van der Waals surface area contributed by atoms with Gasteiger partial charge in [0.05, 0.1) is 6.61 Å². The van der Waals surface area contributed by atoms with Crippen molar-refractivity contribution >= 4 is 27.8 Å². The number of benzene rings is 1. The monoisotopic (exact) mass is 655 g/mol. The van der Waals surface area contributed by atoms with Crippen LogP contribution >= 0.6 is 0 Å². The Morgan fingerprint density at radius 2 is 1.76 bits per heavy atom. The molecule has 2 saturated heterocycles. The highest BCUT2D eigenvalue weighted by molar-refractivity contribution is 7.92. The minimum Gasteiger partial charge on any atom is -0.491 e. The Bertz CT molecular complexity index is 1400. The van der Waals surface area contributed by atoms with E-state index in [0.29, 0.717) is 50.5 Å². The SMILES string of the molecule is Cc1cc(OC[C@H]2COC(C)(C)O2)cc(C)c1/C=C/S(=O)(=O)N1CCC2(CC1)N=C(C1CCC(CCC(F)(F)F)CC1)NC2=O. The van der Waals surface area contributed by atoms with Gasteiger partial charge >= 0.3 is 6.18 Å². The Morgan fingerprint density at radius 3 is 2.33 bits per heavy atom. The van der Waals surface area contributed by atoms with Gasteiger partial charge in [-0.2, -0.15) is 17.5 Å². The molecule has 13 heteroatoms. The van der Waals surface area contributed by atoms with Crippen LogP contribution < -0.4 is 10.1 Å². The molecule has 4 aliphatic rings. The summed E-state index contributed by atoms with van der Waals surface area (Å²) in [5.41, 5.74) is 1.54. The number of sulfonamides is 1. The van der Waals surface area contributed by atoms with Crippen LogP contribution in [0.5, 0.6) is 5.75 Å². The van der Waals surface area contributed by atoms with Gasteiger partial charge < -0.3 is 19.5 Å². The smallest absolute Gasteiger partial charge is 0.389 e. The van der Waals surface area contributed by atoms with Crippen LogP contribution in [0.2, 0.25) is 0 Å². The van der Waals surface area contributed by atoms with Crippen LogP contribution in [0.15, 0.2) is 22.5 Å². The van der Waals surface area contributed by atoms with Gasteiger partial charge in [-0.15, -0.1) is 0 Å². The van der Waals surface area contributed by atoms with Crippen molar-refractivity contribution in [2.45, 2.75) is 103 Å². The second-order valence-corrected chi connectivity index (χ2v) is 15.2. The average Bonchev–Trinajstić information content (AvgIpc) is 3.48. The number of carbonyl (C=O) groups is 1. The van der Waals surface area contributed by atoms with Crippen LogP contribution in [-0.4, -0.2) is 74.4 Å². The fraction of sp³-hybridized carbons (Fsp3) is 0.688. The van der Waals surface area contributed by atoms with Crippen LogP contribution in [0.1, 0.15) is 81.9 Å². The van der Waals surface area contributed by atoms with E-state index in [1.54, 1.807) is 6.08 Å². The van der Waals surface area contributed by atoms with E-state index in [-0.39, 0.29) is 56.2 Å². The first kappa shape index (κ1) is 33.9. The minimum absolute atomic E-state index is 0.0145. The quantitative estimate of drug-likeness (QED) is 0.369. The molecule has 1 aromatic carbocycles. The molecule has 1 aromatic rings. The first-order chi connectivity index (χ1) is 21.0. The zero-order valence-corrected chi connectivity index (χ0v) is 27.2. The molecule has 45 heavy (non-hydrogen) atoms. The maximum atomic E-state index is 13.3. The molecule has 3 fully saturated rings. The summed E-state index contributed by atoms with van der Waals surface area (Å²) in [6, 6.07) is 3.74. The highest BCUT2D eigenvalue weighted by Crippen LogP contribution is 2.38. The fourth-order valence-electron chi connectivity index (χ4n) is 6.83. The Labute approximate surface area is 263 Å².